The Morgan fingerprint density at radius 1 is 0.661 bits per heavy atom. The summed E-state index contributed by atoms with van der Waals surface area (Å²) in [4.78, 5) is 29.7. The maximum Gasteiger partial charge on any atom is 0.255 e. The zero-order valence-corrected chi connectivity index (χ0v) is 32.4. The molecule has 1 aliphatic rings. The lowest BCUT2D eigenvalue weighted by molar-refractivity contribution is -0.0246. The van der Waals surface area contributed by atoms with E-state index in [2.05, 4.69) is 10.3 Å². The molecule has 2 amide bonds. The van der Waals surface area contributed by atoms with Gasteiger partial charge in [0.1, 0.15) is 5.75 Å². The minimum Gasteiger partial charge on any atom is -0.490 e. The van der Waals surface area contributed by atoms with E-state index in [0.717, 1.165) is 24.8 Å². The first kappa shape index (κ1) is 44.7. The SMILES string of the molecule is COCCOCCOCCOCCOCCOCCOCCOCCOCc1cccc(C(=O)Nc2ccc(OC3CCC3)cc2-c2cc(C(N)=O)ccn2)c1. The Bertz CT molecular complexity index is 1560. The molecule has 15 nitrogen and oxygen atoms in total. The fourth-order valence-corrected chi connectivity index (χ4v) is 5.20. The molecule has 56 heavy (non-hydrogen) atoms. The monoisotopic (exact) mass is 783 g/mol. The van der Waals surface area contributed by atoms with E-state index >= 15 is 0 Å². The fourth-order valence-electron chi connectivity index (χ4n) is 5.20. The molecule has 1 saturated carbocycles. The first-order chi connectivity index (χ1) is 27.5. The second-order valence-electron chi connectivity index (χ2n) is 12.7. The van der Waals surface area contributed by atoms with E-state index in [4.69, 9.17) is 53.1 Å². The highest BCUT2D eigenvalue weighted by Gasteiger charge is 2.21. The molecule has 0 atom stereocenters. The van der Waals surface area contributed by atoms with Gasteiger partial charge < -0.3 is 58.4 Å². The van der Waals surface area contributed by atoms with E-state index in [0.29, 0.717) is 146 Å². The van der Waals surface area contributed by atoms with Crippen LogP contribution in [0.3, 0.4) is 0 Å². The van der Waals surface area contributed by atoms with E-state index in [1.165, 1.54) is 6.20 Å². The minimum absolute atomic E-state index is 0.172. The summed E-state index contributed by atoms with van der Waals surface area (Å²) in [6.07, 6.45) is 4.84. The first-order valence-electron chi connectivity index (χ1n) is 19.1. The summed E-state index contributed by atoms with van der Waals surface area (Å²) in [6.45, 7) is 8.15. The Hall–Kier alpha value is -4.03. The molecule has 1 aliphatic carbocycles. The highest BCUT2D eigenvalue weighted by molar-refractivity contribution is 6.06. The van der Waals surface area contributed by atoms with Crippen LogP contribution in [0.5, 0.6) is 5.75 Å². The number of rotatable bonds is 32. The number of nitrogens with two attached hydrogens (primary N) is 1. The predicted molar refractivity (Wildman–Crippen MR) is 208 cm³/mol. The molecule has 0 bridgehead atoms. The van der Waals surface area contributed by atoms with Crippen molar-refractivity contribution in [3.63, 3.8) is 0 Å². The molecule has 308 valence electrons. The Labute approximate surface area is 329 Å². The van der Waals surface area contributed by atoms with Crippen LogP contribution in [-0.4, -0.2) is 136 Å². The smallest absolute Gasteiger partial charge is 0.255 e. The van der Waals surface area contributed by atoms with Crippen LogP contribution >= 0.6 is 0 Å². The Balaban J connectivity index is 1.02. The van der Waals surface area contributed by atoms with Gasteiger partial charge in [-0.1, -0.05) is 12.1 Å². The summed E-state index contributed by atoms with van der Waals surface area (Å²) in [5.74, 6) is -0.198. The van der Waals surface area contributed by atoms with Crippen LogP contribution in [0, 0.1) is 0 Å². The molecule has 0 unspecified atom stereocenters. The third-order valence-electron chi connectivity index (χ3n) is 8.41. The summed E-state index contributed by atoms with van der Waals surface area (Å²) < 4.78 is 55.1. The zero-order chi connectivity index (χ0) is 39.5. The highest BCUT2D eigenvalue weighted by Crippen LogP contribution is 2.34. The zero-order valence-electron chi connectivity index (χ0n) is 32.4. The van der Waals surface area contributed by atoms with Crippen LogP contribution in [0.4, 0.5) is 5.69 Å². The molecule has 15 heteroatoms. The van der Waals surface area contributed by atoms with Gasteiger partial charge in [-0.2, -0.15) is 0 Å². The molecule has 0 aliphatic heterocycles. The van der Waals surface area contributed by atoms with Crippen molar-refractivity contribution in [2.45, 2.75) is 32.0 Å². The largest absolute Gasteiger partial charge is 0.490 e. The van der Waals surface area contributed by atoms with Gasteiger partial charge in [-0.3, -0.25) is 14.6 Å². The number of hydrogen-bond acceptors (Lipinski definition) is 13. The molecule has 3 N–H and O–H groups in total. The van der Waals surface area contributed by atoms with Crippen LogP contribution in [0.1, 0.15) is 45.5 Å². The third kappa shape index (κ3) is 17.8. The average Bonchev–Trinajstić information content (AvgIpc) is 3.19. The average molecular weight is 784 g/mol. The van der Waals surface area contributed by atoms with Gasteiger partial charge in [0.25, 0.3) is 5.91 Å². The van der Waals surface area contributed by atoms with Crippen LogP contribution in [0.2, 0.25) is 0 Å². The van der Waals surface area contributed by atoms with E-state index in [1.54, 1.807) is 37.4 Å². The second-order valence-corrected chi connectivity index (χ2v) is 12.7. The molecular formula is C41H57N3O12. The number of pyridine rings is 1. The summed E-state index contributed by atoms with van der Waals surface area (Å²) in [6, 6.07) is 15.8. The summed E-state index contributed by atoms with van der Waals surface area (Å²) in [5, 5.41) is 3.00. The van der Waals surface area contributed by atoms with Gasteiger partial charge in [0, 0.05) is 30.0 Å². The number of primary amides is 1. The summed E-state index contributed by atoms with van der Waals surface area (Å²) in [7, 11) is 1.64. The standard InChI is InChI=1S/C41H57N3O12/c1-47-12-13-48-14-15-49-16-17-50-18-19-51-20-21-52-22-23-53-24-25-54-26-27-55-31-32-4-2-5-34(28-32)41(46)44-38-9-8-36(56-35-6-3-7-35)30-37(38)39-29-33(40(42)45)10-11-43-39/h2,4-5,8-11,28-30,35H,3,6-7,12-27,31H2,1H3,(H2,42,45)(H,44,46). The minimum atomic E-state index is -0.564. The summed E-state index contributed by atoms with van der Waals surface area (Å²) >= 11 is 0. The van der Waals surface area contributed by atoms with Crippen LogP contribution in [-0.2, 0) is 49.2 Å². The molecule has 0 spiro atoms. The quantitative estimate of drug-likeness (QED) is 0.0858. The van der Waals surface area contributed by atoms with Crippen LogP contribution in [0.15, 0.2) is 60.8 Å². The molecular weight excluding hydrogens is 726 g/mol. The lowest BCUT2D eigenvalue weighted by atomic mass is 9.96. The molecule has 0 radical (unpaired) electrons. The Morgan fingerprint density at radius 2 is 1.21 bits per heavy atom. The lowest BCUT2D eigenvalue weighted by Gasteiger charge is -2.26. The van der Waals surface area contributed by atoms with Crippen molar-refractivity contribution in [2.24, 2.45) is 5.73 Å². The maximum atomic E-state index is 13.4. The van der Waals surface area contributed by atoms with Crippen LogP contribution in [0.25, 0.3) is 11.3 Å². The van der Waals surface area contributed by atoms with Gasteiger partial charge >= 0.3 is 0 Å². The number of hydrogen-bond donors (Lipinski definition) is 2. The number of aromatic nitrogens is 1. The fraction of sp³-hybridized carbons (Fsp3) is 0.537. The van der Waals surface area contributed by atoms with E-state index in [1.807, 2.05) is 24.3 Å². The number of carbonyl (C=O) groups is 2. The van der Waals surface area contributed by atoms with Gasteiger partial charge in [-0.15, -0.1) is 0 Å². The molecule has 1 fully saturated rings. The number of anilines is 1. The topological polar surface area (TPSA) is 177 Å². The van der Waals surface area contributed by atoms with Crippen molar-refractivity contribution in [1.82, 2.24) is 4.98 Å². The molecule has 4 rings (SSSR count). The van der Waals surface area contributed by atoms with Crippen molar-refractivity contribution in [1.29, 1.82) is 0 Å². The van der Waals surface area contributed by atoms with Gasteiger partial charge in [0.05, 0.1) is 130 Å². The van der Waals surface area contributed by atoms with Gasteiger partial charge in [-0.25, -0.2) is 0 Å². The van der Waals surface area contributed by atoms with E-state index < -0.39 is 5.91 Å². The van der Waals surface area contributed by atoms with E-state index in [9.17, 15) is 9.59 Å². The highest BCUT2D eigenvalue weighted by atomic mass is 16.6. The molecule has 2 aromatic carbocycles. The van der Waals surface area contributed by atoms with Crippen molar-refractivity contribution < 1.29 is 57.0 Å². The second kappa shape index (κ2) is 27.5. The first-order valence-corrected chi connectivity index (χ1v) is 19.1. The number of nitrogens with zero attached hydrogens (tertiary/aromatic N) is 1. The van der Waals surface area contributed by atoms with E-state index in [-0.39, 0.29) is 12.0 Å². The van der Waals surface area contributed by atoms with Gasteiger partial charge in [-0.05, 0) is 67.3 Å². The number of benzene rings is 2. The summed E-state index contributed by atoms with van der Waals surface area (Å²) in [5.41, 5.74) is 8.78. The van der Waals surface area contributed by atoms with Crippen LogP contribution < -0.4 is 15.8 Å². The predicted octanol–water partition coefficient (Wildman–Crippen LogP) is 4.31. The number of nitrogens with one attached hydrogen (secondary N) is 1. The number of amides is 2. The Kier molecular flexibility index (Phi) is 22.0. The molecule has 0 saturated heterocycles. The number of methoxy groups -OCH3 is 1. The van der Waals surface area contributed by atoms with Gasteiger partial charge in [0.15, 0.2) is 0 Å². The number of carbonyl (C=O) groups excluding carboxylic acids is 2. The third-order valence-corrected chi connectivity index (χ3v) is 8.41. The lowest BCUT2D eigenvalue weighted by Crippen LogP contribution is -2.24. The van der Waals surface area contributed by atoms with Crippen molar-refractivity contribution in [3.8, 4) is 17.0 Å². The van der Waals surface area contributed by atoms with Crippen molar-refractivity contribution in [3.05, 3.63) is 77.5 Å². The Morgan fingerprint density at radius 3 is 1.73 bits per heavy atom. The van der Waals surface area contributed by atoms with Gasteiger partial charge in [0.2, 0.25) is 5.91 Å². The molecule has 1 aromatic heterocycles. The molecule has 1 heterocycles. The molecule has 3 aromatic rings. The van der Waals surface area contributed by atoms with Crippen molar-refractivity contribution in [2.75, 3.05) is 118 Å². The number of ether oxygens (including phenoxy) is 10. The van der Waals surface area contributed by atoms with Crippen molar-refractivity contribution >= 4 is 17.5 Å². The normalized spacial score (nSPS) is 12.7. The maximum absolute atomic E-state index is 13.4.